The van der Waals surface area contributed by atoms with Gasteiger partial charge in [0.15, 0.2) is 5.13 Å². The van der Waals surface area contributed by atoms with Crippen LogP contribution in [0.4, 0.5) is 5.13 Å². The average molecular weight is 270 g/mol. The molecule has 19 heavy (non-hydrogen) atoms. The summed E-state index contributed by atoms with van der Waals surface area (Å²) in [5.41, 5.74) is 11.9. The SMILES string of the molecule is Nc1nc2c(s1)C(c1cccc3c1CCCC3)CC2. The molecule has 1 unspecified atom stereocenters. The van der Waals surface area contributed by atoms with E-state index in [1.807, 2.05) is 0 Å². The molecule has 98 valence electrons. The number of aryl methyl sites for hydroxylation is 2. The highest BCUT2D eigenvalue weighted by molar-refractivity contribution is 7.15. The van der Waals surface area contributed by atoms with Gasteiger partial charge in [0, 0.05) is 10.8 Å². The fourth-order valence-electron chi connectivity index (χ4n) is 3.68. The van der Waals surface area contributed by atoms with E-state index in [4.69, 9.17) is 5.73 Å². The molecule has 1 aromatic carbocycles. The molecule has 0 amide bonds. The first-order valence-corrected chi connectivity index (χ1v) is 8.00. The third-order valence-corrected chi connectivity index (χ3v) is 5.58. The number of hydrogen-bond acceptors (Lipinski definition) is 3. The Morgan fingerprint density at radius 2 is 2.05 bits per heavy atom. The monoisotopic (exact) mass is 270 g/mol. The molecule has 0 saturated carbocycles. The summed E-state index contributed by atoms with van der Waals surface area (Å²) in [6.45, 7) is 0. The van der Waals surface area contributed by atoms with Crippen LogP contribution in [0.3, 0.4) is 0 Å². The van der Waals surface area contributed by atoms with E-state index in [0.717, 1.165) is 11.6 Å². The summed E-state index contributed by atoms with van der Waals surface area (Å²) in [6, 6.07) is 6.89. The second-order valence-corrected chi connectivity index (χ2v) is 6.71. The van der Waals surface area contributed by atoms with Crippen LogP contribution in [0.1, 0.15) is 52.4 Å². The van der Waals surface area contributed by atoms with Crippen molar-refractivity contribution in [3.05, 3.63) is 45.5 Å². The standard InChI is InChI=1S/C16H18N2S/c17-16-18-14-9-8-13(15(14)19-16)12-7-3-5-10-4-1-2-6-11(10)12/h3,5,7,13H,1-2,4,6,8-9H2,(H2,17,18). The molecule has 1 aromatic heterocycles. The van der Waals surface area contributed by atoms with Crippen LogP contribution in [0.2, 0.25) is 0 Å². The lowest BCUT2D eigenvalue weighted by atomic mass is 9.83. The fourth-order valence-corrected chi connectivity index (χ4v) is 4.71. The van der Waals surface area contributed by atoms with Crippen molar-refractivity contribution >= 4 is 16.5 Å². The fraction of sp³-hybridized carbons (Fsp3) is 0.438. The minimum absolute atomic E-state index is 0.554. The van der Waals surface area contributed by atoms with Crippen molar-refractivity contribution in [2.24, 2.45) is 0 Å². The predicted octanol–water partition coefficient (Wildman–Crippen LogP) is 3.68. The summed E-state index contributed by atoms with van der Waals surface area (Å²) in [6.07, 6.45) is 7.51. The zero-order valence-electron chi connectivity index (χ0n) is 11.0. The molecule has 2 aliphatic carbocycles. The Balaban J connectivity index is 1.81. The first-order valence-electron chi connectivity index (χ1n) is 7.18. The first kappa shape index (κ1) is 11.5. The summed E-state index contributed by atoms with van der Waals surface area (Å²) in [4.78, 5) is 5.90. The Bertz CT molecular complexity index is 630. The Labute approximate surface area is 117 Å². The van der Waals surface area contributed by atoms with Gasteiger partial charge >= 0.3 is 0 Å². The van der Waals surface area contributed by atoms with Gasteiger partial charge in [0.25, 0.3) is 0 Å². The molecule has 0 spiro atoms. The normalized spacial score (nSPS) is 21.2. The number of nitrogen functional groups attached to an aromatic ring is 1. The van der Waals surface area contributed by atoms with Gasteiger partial charge < -0.3 is 5.73 Å². The lowest BCUT2D eigenvalue weighted by molar-refractivity contribution is 0.667. The van der Waals surface area contributed by atoms with E-state index in [1.165, 1.54) is 42.7 Å². The van der Waals surface area contributed by atoms with Crippen molar-refractivity contribution in [2.75, 3.05) is 5.73 Å². The topological polar surface area (TPSA) is 38.9 Å². The molecule has 1 atom stereocenters. The molecule has 2 N–H and O–H groups in total. The van der Waals surface area contributed by atoms with E-state index in [-0.39, 0.29) is 0 Å². The molecule has 0 fully saturated rings. The molecule has 0 bridgehead atoms. The third-order valence-electron chi connectivity index (χ3n) is 4.54. The highest BCUT2D eigenvalue weighted by atomic mass is 32.1. The molecule has 0 radical (unpaired) electrons. The molecule has 0 aliphatic heterocycles. The summed E-state index contributed by atoms with van der Waals surface area (Å²) < 4.78 is 0. The Morgan fingerprint density at radius 1 is 1.16 bits per heavy atom. The highest BCUT2D eigenvalue weighted by Gasteiger charge is 2.30. The van der Waals surface area contributed by atoms with Crippen molar-refractivity contribution in [3.63, 3.8) is 0 Å². The van der Waals surface area contributed by atoms with Gasteiger partial charge in [-0.2, -0.15) is 0 Å². The number of benzene rings is 1. The molecule has 0 saturated heterocycles. The number of rotatable bonds is 1. The third kappa shape index (κ3) is 1.79. The van der Waals surface area contributed by atoms with Gasteiger partial charge in [0.05, 0.1) is 5.69 Å². The Hall–Kier alpha value is -1.35. The van der Waals surface area contributed by atoms with Crippen molar-refractivity contribution < 1.29 is 0 Å². The Kier molecular flexibility index (Phi) is 2.62. The largest absolute Gasteiger partial charge is 0.375 e. The number of nitrogens with two attached hydrogens (primary N) is 1. The van der Waals surface area contributed by atoms with Crippen molar-refractivity contribution in [3.8, 4) is 0 Å². The summed E-state index contributed by atoms with van der Waals surface area (Å²) >= 11 is 1.70. The van der Waals surface area contributed by atoms with E-state index >= 15 is 0 Å². The van der Waals surface area contributed by atoms with Crippen molar-refractivity contribution in [2.45, 2.75) is 44.4 Å². The summed E-state index contributed by atoms with van der Waals surface area (Å²) in [5.74, 6) is 0.554. The van der Waals surface area contributed by atoms with E-state index in [0.29, 0.717) is 5.92 Å². The summed E-state index contributed by atoms with van der Waals surface area (Å²) in [5, 5.41) is 0.736. The van der Waals surface area contributed by atoms with E-state index in [2.05, 4.69) is 23.2 Å². The molecule has 2 aliphatic rings. The second kappa shape index (κ2) is 4.34. The zero-order valence-corrected chi connectivity index (χ0v) is 11.8. The minimum atomic E-state index is 0.554. The van der Waals surface area contributed by atoms with Gasteiger partial charge in [-0.25, -0.2) is 4.98 Å². The highest BCUT2D eigenvalue weighted by Crippen LogP contribution is 2.44. The number of thiazole rings is 1. The van der Waals surface area contributed by atoms with Gasteiger partial charge in [0.1, 0.15) is 0 Å². The molecule has 2 aromatic rings. The van der Waals surface area contributed by atoms with Crippen LogP contribution in [0, 0.1) is 0 Å². The number of nitrogens with zero attached hydrogens (tertiary/aromatic N) is 1. The van der Waals surface area contributed by atoms with Crippen LogP contribution in [0.5, 0.6) is 0 Å². The van der Waals surface area contributed by atoms with Crippen LogP contribution in [0.15, 0.2) is 18.2 Å². The second-order valence-electron chi connectivity index (χ2n) is 5.65. The van der Waals surface area contributed by atoms with E-state index < -0.39 is 0 Å². The van der Waals surface area contributed by atoms with Crippen molar-refractivity contribution in [1.82, 2.24) is 4.98 Å². The van der Waals surface area contributed by atoms with Gasteiger partial charge in [0.2, 0.25) is 0 Å². The first-order chi connectivity index (χ1) is 9.33. The molecule has 1 heterocycles. The summed E-state index contributed by atoms with van der Waals surface area (Å²) in [7, 11) is 0. The van der Waals surface area contributed by atoms with Crippen LogP contribution in [-0.4, -0.2) is 4.98 Å². The lowest BCUT2D eigenvalue weighted by Crippen LogP contribution is -2.08. The van der Waals surface area contributed by atoms with Crippen LogP contribution < -0.4 is 5.73 Å². The van der Waals surface area contributed by atoms with Crippen LogP contribution in [0.25, 0.3) is 0 Å². The molecular formula is C16H18N2S. The maximum absolute atomic E-state index is 5.87. The molecule has 4 rings (SSSR count). The maximum atomic E-state index is 5.87. The van der Waals surface area contributed by atoms with Crippen LogP contribution in [-0.2, 0) is 19.3 Å². The smallest absolute Gasteiger partial charge is 0.180 e. The molecular weight excluding hydrogens is 252 g/mol. The van der Waals surface area contributed by atoms with Gasteiger partial charge in [-0.3, -0.25) is 0 Å². The van der Waals surface area contributed by atoms with Gasteiger partial charge in [-0.1, -0.05) is 18.2 Å². The number of aromatic nitrogens is 1. The molecule has 2 nitrogen and oxygen atoms in total. The quantitative estimate of drug-likeness (QED) is 0.858. The van der Waals surface area contributed by atoms with E-state index in [1.54, 1.807) is 28.0 Å². The van der Waals surface area contributed by atoms with Crippen LogP contribution >= 0.6 is 11.3 Å². The molecule has 3 heteroatoms. The minimum Gasteiger partial charge on any atom is -0.375 e. The zero-order chi connectivity index (χ0) is 12.8. The van der Waals surface area contributed by atoms with E-state index in [9.17, 15) is 0 Å². The lowest BCUT2D eigenvalue weighted by Gasteiger charge is -2.22. The van der Waals surface area contributed by atoms with Crippen molar-refractivity contribution in [1.29, 1.82) is 0 Å². The maximum Gasteiger partial charge on any atom is 0.180 e. The number of fused-ring (bicyclic) bond motifs is 2. The predicted molar refractivity (Wildman–Crippen MR) is 79.8 cm³/mol. The van der Waals surface area contributed by atoms with Gasteiger partial charge in [-0.05, 0) is 55.2 Å². The average Bonchev–Trinajstić information content (AvgIpc) is 2.97. The Morgan fingerprint density at radius 3 is 3.00 bits per heavy atom. The van der Waals surface area contributed by atoms with Gasteiger partial charge in [-0.15, -0.1) is 11.3 Å². The number of hydrogen-bond donors (Lipinski definition) is 1. The number of anilines is 1.